The molecule has 1 nitrogen and oxygen atoms in total. The van der Waals surface area contributed by atoms with Gasteiger partial charge in [-0.05, 0) is 46.1 Å². The van der Waals surface area contributed by atoms with Gasteiger partial charge in [-0.3, -0.25) is 4.90 Å². The molecule has 0 aromatic rings. The molecule has 1 atom stereocenters. The van der Waals surface area contributed by atoms with E-state index in [4.69, 9.17) is 0 Å². The number of hydrogen-bond donors (Lipinski definition) is 0. The van der Waals surface area contributed by atoms with Crippen molar-refractivity contribution in [3.05, 3.63) is 0 Å². The summed E-state index contributed by atoms with van der Waals surface area (Å²) >= 11 is 0. The number of nitrogens with zero attached hydrogens (tertiary/aromatic N) is 1. The van der Waals surface area contributed by atoms with E-state index in [1.807, 2.05) is 27.7 Å². The quantitative estimate of drug-likeness (QED) is 0.568. The zero-order valence-corrected chi connectivity index (χ0v) is 11.1. The Kier molecular flexibility index (Phi) is 6.43. The molecule has 0 aromatic carbocycles. The van der Waals surface area contributed by atoms with Crippen LogP contribution in [0.25, 0.3) is 0 Å². The fourth-order valence-electron chi connectivity index (χ4n) is 2.50. The highest BCUT2D eigenvalue weighted by Gasteiger charge is 2.46. The lowest BCUT2D eigenvalue weighted by Crippen LogP contribution is -2.49. The van der Waals surface area contributed by atoms with Gasteiger partial charge in [0.25, 0.3) is 0 Å². The van der Waals surface area contributed by atoms with Crippen molar-refractivity contribution < 1.29 is 0 Å². The van der Waals surface area contributed by atoms with Gasteiger partial charge in [-0.25, -0.2) is 0 Å². The summed E-state index contributed by atoms with van der Waals surface area (Å²) in [7, 11) is 2.30. The number of hydrogen-bond acceptors (Lipinski definition) is 1. The molecule has 1 saturated carbocycles. The van der Waals surface area contributed by atoms with E-state index in [1.54, 1.807) is 0 Å². The van der Waals surface area contributed by atoms with Gasteiger partial charge < -0.3 is 0 Å². The third-order valence-electron chi connectivity index (χ3n) is 3.72. The zero-order chi connectivity index (χ0) is 11.2. The topological polar surface area (TPSA) is 3.24 Å². The fraction of sp³-hybridized carbons (Fsp3) is 1.00. The van der Waals surface area contributed by atoms with Crippen LogP contribution in [-0.2, 0) is 0 Å². The molecule has 2 fully saturated rings. The van der Waals surface area contributed by atoms with Gasteiger partial charge in [0.1, 0.15) is 0 Å². The first kappa shape index (κ1) is 14.0. The lowest BCUT2D eigenvalue weighted by molar-refractivity contribution is 0.0595. The summed E-state index contributed by atoms with van der Waals surface area (Å²) in [6.07, 6.45) is 7.29. The van der Waals surface area contributed by atoms with E-state index in [2.05, 4.69) is 18.9 Å². The minimum absolute atomic E-state index is 0.680. The lowest BCUT2D eigenvalue weighted by atomic mass is 9.75. The summed E-state index contributed by atoms with van der Waals surface area (Å²) in [6, 6.07) is 0.847. The van der Waals surface area contributed by atoms with E-state index in [0.717, 1.165) is 6.04 Å². The molecule has 1 unspecified atom stereocenters. The van der Waals surface area contributed by atoms with Crippen LogP contribution < -0.4 is 0 Å². The first-order valence-electron chi connectivity index (χ1n) is 6.48. The summed E-state index contributed by atoms with van der Waals surface area (Å²) in [5.41, 5.74) is 0.680. The van der Waals surface area contributed by atoms with Gasteiger partial charge in [0, 0.05) is 11.6 Å². The maximum Gasteiger partial charge on any atom is 0.0210 e. The van der Waals surface area contributed by atoms with Gasteiger partial charge in [0.15, 0.2) is 0 Å². The molecule has 1 aliphatic heterocycles. The molecular formula is C13H29N. The standard InChI is InChI=1S/C9H17N.2C2H6/c1-8-4-7-9(10(8)2)5-3-6-9;2*1-2/h8H,3-7H2,1-2H3;2*1-2H3. The first-order chi connectivity index (χ1) is 6.75. The Hall–Kier alpha value is -0.0400. The zero-order valence-electron chi connectivity index (χ0n) is 11.1. The van der Waals surface area contributed by atoms with Gasteiger partial charge in [-0.1, -0.05) is 27.7 Å². The van der Waals surface area contributed by atoms with Gasteiger partial charge >= 0.3 is 0 Å². The van der Waals surface area contributed by atoms with Crippen LogP contribution in [0.2, 0.25) is 0 Å². The van der Waals surface area contributed by atoms with E-state index in [0.29, 0.717) is 5.54 Å². The van der Waals surface area contributed by atoms with Crippen LogP contribution in [0.3, 0.4) is 0 Å². The van der Waals surface area contributed by atoms with E-state index in [-0.39, 0.29) is 0 Å². The Morgan fingerprint density at radius 3 is 1.64 bits per heavy atom. The molecule has 1 aliphatic carbocycles. The van der Waals surface area contributed by atoms with Crippen molar-refractivity contribution in [1.29, 1.82) is 0 Å². The number of rotatable bonds is 0. The third-order valence-corrected chi connectivity index (χ3v) is 3.72. The molecule has 0 N–H and O–H groups in total. The molecule has 0 amide bonds. The maximum atomic E-state index is 2.61. The van der Waals surface area contributed by atoms with Gasteiger partial charge in [-0.15, -0.1) is 0 Å². The first-order valence-corrected chi connectivity index (χ1v) is 6.48. The maximum absolute atomic E-state index is 2.61. The molecule has 1 saturated heterocycles. The van der Waals surface area contributed by atoms with Gasteiger partial charge in [0.2, 0.25) is 0 Å². The lowest BCUT2D eigenvalue weighted by Gasteiger charge is -2.45. The molecule has 86 valence electrons. The van der Waals surface area contributed by atoms with Gasteiger partial charge in [0.05, 0.1) is 0 Å². The predicted molar refractivity (Wildman–Crippen MR) is 65.7 cm³/mol. The molecule has 0 bridgehead atoms. The van der Waals surface area contributed by atoms with Crippen LogP contribution in [-0.4, -0.2) is 23.5 Å². The average Bonchev–Trinajstić information content (AvgIpc) is 2.50. The third kappa shape index (κ3) is 2.50. The Balaban J connectivity index is 0.000000379. The van der Waals surface area contributed by atoms with Crippen molar-refractivity contribution in [1.82, 2.24) is 4.90 Å². The smallest absolute Gasteiger partial charge is 0.0210 e. The molecule has 0 radical (unpaired) electrons. The molecular weight excluding hydrogens is 170 g/mol. The second kappa shape index (κ2) is 6.44. The molecule has 2 aliphatic rings. The number of likely N-dealkylation sites (tertiary alicyclic amines) is 1. The van der Waals surface area contributed by atoms with Crippen molar-refractivity contribution in [2.75, 3.05) is 7.05 Å². The van der Waals surface area contributed by atoms with Crippen LogP contribution in [0.4, 0.5) is 0 Å². The van der Waals surface area contributed by atoms with Crippen LogP contribution in [0.15, 0.2) is 0 Å². The van der Waals surface area contributed by atoms with E-state index in [1.165, 1.54) is 32.1 Å². The van der Waals surface area contributed by atoms with E-state index < -0.39 is 0 Å². The molecule has 2 rings (SSSR count). The summed E-state index contributed by atoms with van der Waals surface area (Å²) in [5, 5.41) is 0. The van der Waals surface area contributed by atoms with Crippen molar-refractivity contribution in [3.63, 3.8) is 0 Å². The molecule has 14 heavy (non-hydrogen) atoms. The second-order valence-electron chi connectivity index (χ2n) is 4.08. The SMILES string of the molecule is CC.CC.CC1CCC2(CCC2)N1C. The normalized spacial score (nSPS) is 28.3. The monoisotopic (exact) mass is 199 g/mol. The highest BCUT2D eigenvalue weighted by molar-refractivity contribution is 5.02. The minimum atomic E-state index is 0.680. The van der Waals surface area contributed by atoms with Crippen molar-refractivity contribution in [2.45, 2.75) is 78.3 Å². The largest absolute Gasteiger partial charge is 0.298 e. The van der Waals surface area contributed by atoms with Gasteiger partial charge in [-0.2, -0.15) is 0 Å². The summed E-state index contributed by atoms with van der Waals surface area (Å²) in [4.78, 5) is 2.61. The van der Waals surface area contributed by atoms with Crippen molar-refractivity contribution >= 4 is 0 Å². The highest BCUT2D eigenvalue weighted by Crippen LogP contribution is 2.46. The Morgan fingerprint density at radius 1 is 1.00 bits per heavy atom. The van der Waals surface area contributed by atoms with E-state index in [9.17, 15) is 0 Å². The molecule has 1 heterocycles. The van der Waals surface area contributed by atoms with Crippen LogP contribution in [0.5, 0.6) is 0 Å². The molecule has 1 heteroatoms. The summed E-state index contributed by atoms with van der Waals surface area (Å²) in [6.45, 7) is 10.4. The second-order valence-corrected chi connectivity index (χ2v) is 4.08. The minimum Gasteiger partial charge on any atom is -0.298 e. The van der Waals surface area contributed by atoms with Crippen molar-refractivity contribution in [3.8, 4) is 0 Å². The van der Waals surface area contributed by atoms with Crippen LogP contribution >= 0.6 is 0 Å². The summed E-state index contributed by atoms with van der Waals surface area (Å²) < 4.78 is 0. The predicted octanol–water partition coefficient (Wildman–Crippen LogP) is 4.08. The van der Waals surface area contributed by atoms with Crippen LogP contribution in [0.1, 0.15) is 66.7 Å². The Bertz CT molecular complexity index is 138. The van der Waals surface area contributed by atoms with Crippen molar-refractivity contribution in [2.24, 2.45) is 0 Å². The average molecular weight is 199 g/mol. The molecule has 1 spiro atoms. The molecule has 0 aromatic heterocycles. The van der Waals surface area contributed by atoms with Crippen LogP contribution in [0, 0.1) is 0 Å². The van der Waals surface area contributed by atoms with E-state index >= 15 is 0 Å². The Morgan fingerprint density at radius 2 is 1.50 bits per heavy atom. The Labute approximate surface area is 90.9 Å². The highest BCUT2D eigenvalue weighted by atomic mass is 15.2. The summed E-state index contributed by atoms with van der Waals surface area (Å²) in [5.74, 6) is 0. The fourth-order valence-corrected chi connectivity index (χ4v) is 2.50.